The van der Waals surface area contributed by atoms with Crippen molar-refractivity contribution in [3.8, 4) is 0 Å². The lowest BCUT2D eigenvalue weighted by molar-refractivity contribution is -0.123. The number of amides is 1. The first kappa shape index (κ1) is 17.1. The highest BCUT2D eigenvalue weighted by Gasteiger charge is 2.39. The van der Waals surface area contributed by atoms with Crippen molar-refractivity contribution in [3.63, 3.8) is 0 Å². The summed E-state index contributed by atoms with van der Waals surface area (Å²) in [6.07, 6.45) is 1.70. The van der Waals surface area contributed by atoms with E-state index in [9.17, 15) is 18.0 Å². The molecule has 0 spiro atoms. The van der Waals surface area contributed by atoms with Crippen LogP contribution in [0.15, 0.2) is 33.8 Å². The Morgan fingerprint density at radius 2 is 2.21 bits per heavy atom. The number of aromatic nitrogens is 2. The van der Waals surface area contributed by atoms with Gasteiger partial charge in [-0.1, -0.05) is 15.9 Å². The molecule has 0 saturated carbocycles. The highest BCUT2D eigenvalue weighted by Crippen LogP contribution is 2.22. The van der Waals surface area contributed by atoms with Crippen LogP contribution in [-0.4, -0.2) is 40.9 Å². The summed E-state index contributed by atoms with van der Waals surface area (Å²) in [5.41, 5.74) is -0.554. The van der Waals surface area contributed by atoms with E-state index in [2.05, 4.69) is 26.2 Å². The summed E-state index contributed by atoms with van der Waals surface area (Å²) in [4.78, 5) is 28.9. The normalized spacial score (nSPS) is 22.6. The van der Waals surface area contributed by atoms with E-state index in [-0.39, 0.29) is 23.6 Å². The van der Waals surface area contributed by atoms with Gasteiger partial charge >= 0.3 is 0 Å². The number of hydrogen-bond donors (Lipinski definition) is 1. The SMILES string of the molecule is C[C@@]1(NC(=O)Cn2cnc3ccc(Br)cc3c2=O)CCS(=O)(=O)C1. The van der Waals surface area contributed by atoms with Crippen LogP contribution in [0, 0.1) is 0 Å². The smallest absolute Gasteiger partial charge is 0.261 e. The van der Waals surface area contributed by atoms with Crippen LogP contribution in [-0.2, 0) is 21.2 Å². The molecule has 1 fully saturated rings. The van der Waals surface area contributed by atoms with E-state index in [0.29, 0.717) is 17.3 Å². The number of fused-ring (bicyclic) bond motifs is 1. The maximum absolute atomic E-state index is 12.5. The summed E-state index contributed by atoms with van der Waals surface area (Å²) in [5.74, 6) is -0.424. The lowest BCUT2D eigenvalue weighted by Gasteiger charge is -2.24. The maximum atomic E-state index is 12.5. The van der Waals surface area contributed by atoms with Gasteiger partial charge in [0.05, 0.1) is 34.3 Å². The van der Waals surface area contributed by atoms with Crippen molar-refractivity contribution in [2.75, 3.05) is 11.5 Å². The molecule has 1 N–H and O–H groups in total. The lowest BCUT2D eigenvalue weighted by Crippen LogP contribution is -2.48. The number of carbonyl (C=O) groups excluding carboxylic acids is 1. The predicted molar refractivity (Wildman–Crippen MR) is 93.5 cm³/mol. The molecule has 1 saturated heterocycles. The van der Waals surface area contributed by atoms with Crippen LogP contribution < -0.4 is 10.9 Å². The second-order valence-corrected chi connectivity index (χ2v) is 9.39. The van der Waals surface area contributed by atoms with Gasteiger partial charge in [-0.25, -0.2) is 13.4 Å². The predicted octanol–water partition coefficient (Wildman–Crippen LogP) is 0.852. The molecule has 1 aromatic heterocycles. The Hall–Kier alpha value is -1.74. The molecule has 2 aromatic rings. The first-order valence-corrected chi connectivity index (χ1v) is 9.95. The van der Waals surface area contributed by atoms with Crippen LogP contribution >= 0.6 is 15.9 Å². The Kier molecular flexibility index (Phi) is 4.25. The highest BCUT2D eigenvalue weighted by atomic mass is 79.9. The third-order valence-corrected chi connectivity index (χ3v) is 6.44. The van der Waals surface area contributed by atoms with Crippen molar-refractivity contribution in [3.05, 3.63) is 39.4 Å². The standard InChI is InChI=1S/C15H16BrN3O4S/c1-15(4-5-24(22,23)8-15)18-13(20)7-19-9-17-12-3-2-10(16)6-11(12)14(19)21/h2-3,6,9H,4-5,7-8H2,1H3,(H,18,20)/t15-/m1/s1. The second-order valence-electron chi connectivity index (χ2n) is 6.29. The summed E-state index contributed by atoms with van der Waals surface area (Å²) in [7, 11) is -3.11. The average molecular weight is 414 g/mol. The van der Waals surface area contributed by atoms with Crippen molar-refractivity contribution in [1.82, 2.24) is 14.9 Å². The monoisotopic (exact) mass is 413 g/mol. The fourth-order valence-corrected chi connectivity index (χ4v) is 5.34. The summed E-state index contributed by atoms with van der Waals surface area (Å²) in [5, 5.41) is 3.14. The van der Waals surface area contributed by atoms with Gasteiger partial charge in [0, 0.05) is 4.47 Å². The van der Waals surface area contributed by atoms with E-state index in [4.69, 9.17) is 0 Å². The number of benzene rings is 1. The molecule has 0 bridgehead atoms. The quantitative estimate of drug-likeness (QED) is 0.803. The molecule has 2 heterocycles. The molecule has 9 heteroatoms. The Bertz CT molecular complexity index is 986. The van der Waals surface area contributed by atoms with Gasteiger partial charge < -0.3 is 5.32 Å². The fourth-order valence-electron chi connectivity index (χ4n) is 2.88. The van der Waals surface area contributed by atoms with E-state index in [1.807, 2.05) is 0 Å². The topological polar surface area (TPSA) is 98.1 Å². The molecule has 3 rings (SSSR count). The fraction of sp³-hybridized carbons (Fsp3) is 0.400. The van der Waals surface area contributed by atoms with E-state index in [0.717, 1.165) is 4.47 Å². The van der Waals surface area contributed by atoms with Crippen molar-refractivity contribution >= 4 is 42.6 Å². The Morgan fingerprint density at radius 1 is 1.46 bits per heavy atom. The Morgan fingerprint density at radius 3 is 2.88 bits per heavy atom. The molecule has 128 valence electrons. The zero-order valence-electron chi connectivity index (χ0n) is 13.0. The van der Waals surface area contributed by atoms with E-state index < -0.39 is 21.3 Å². The number of carbonyl (C=O) groups is 1. The Balaban J connectivity index is 1.81. The largest absolute Gasteiger partial charge is 0.348 e. The number of hydrogen-bond acceptors (Lipinski definition) is 5. The van der Waals surface area contributed by atoms with Gasteiger partial charge in [-0.05, 0) is 31.5 Å². The van der Waals surface area contributed by atoms with Gasteiger partial charge in [-0.3, -0.25) is 14.2 Å². The molecular formula is C15H16BrN3O4S. The van der Waals surface area contributed by atoms with Crippen LogP contribution in [0.25, 0.3) is 10.9 Å². The molecule has 0 radical (unpaired) electrons. The molecule has 7 nitrogen and oxygen atoms in total. The van der Waals surface area contributed by atoms with E-state index in [1.54, 1.807) is 25.1 Å². The van der Waals surface area contributed by atoms with Crippen molar-refractivity contribution < 1.29 is 13.2 Å². The highest BCUT2D eigenvalue weighted by molar-refractivity contribution is 9.10. The number of rotatable bonds is 3. The van der Waals surface area contributed by atoms with Gasteiger partial charge in [-0.2, -0.15) is 0 Å². The number of nitrogens with one attached hydrogen (secondary N) is 1. The van der Waals surface area contributed by atoms with Gasteiger partial charge in [0.1, 0.15) is 6.54 Å². The molecule has 24 heavy (non-hydrogen) atoms. The van der Waals surface area contributed by atoms with Crippen LogP contribution in [0.2, 0.25) is 0 Å². The molecule has 1 aromatic carbocycles. The number of halogens is 1. The summed E-state index contributed by atoms with van der Waals surface area (Å²) < 4.78 is 25.2. The number of sulfone groups is 1. The van der Waals surface area contributed by atoms with Crippen LogP contribution in [0.5, 0.6) is 0 Å². The number of nitrogens with zero attached hydrogens (tertiary/aromatic N) is 2. The van der Waals surface area contributed by atoms with Crippen molar-refractivity contribution in [2.24, 2.45) is 0 Å². The first-order valence-electron chi connectivity index (χ1n) is 7.34. The van der Waals surface area contributed by atoms with Gasteiger partial charge in [0.25, 0.3) is 5.56 Å². The van der Waals surface area contributed by atoms with E-state index in [1.165, 1.54) is 10.9 Å². The van der Waals surface area contributed by atoms with Gasteiger partial charge in [0.2, 0.25) is 5.91 Å². The third kappa shape index (κ3) is 3.51. The first-order chi connectivity index (χ1) is 11.2. The van der Waals surface area contributed by atoms with E-state index >= 15 is 0 Å². The summed E-state index contributed by atoms with van der Waals surface area (Å²) >= 11 is 3.31. The lowest BCUT2D eigenvalue weighted by atomic mass is 10.0. The second kappa shape index (κ2) is 5.96. The zero-order chi connectivity index (χ0) is 17.5. The average Bonchev–Trinajstić information content (AvgIpc) is 2.76. The minimum absolute atomic E-state index is 0.0648. The molecule has 1 amide bonds. The summed E-state index contributed by atoms with van der Waals surface area (Å²) in [6, 6.07) is 5.16. The molecule has 1 aliphatic rings. The molecule has 1 aliphatic heterocycles. The minimum atomic E-state index is -3.11. The van der Waals surface area contributed by atoms with Crippen molar-refractivity contribution in [1.29, 1.82) is 0 Å². The van der Waals surface area contributed by atoms with Crippen molar-refractivity contribution in [2.45, 2.75) is 25.4 Å². The minimum Gasteiger partial charge on any atom is -0.348 e. The molecule has 0 unspecified atom stereocenters. The van der Waals surface area contributed by atoms with Crippen LogP contribution in [0.3, 0.4) is 0 Å². The zero-order valence-corrected chi connectivity index (χ0v) is 15.4. The molecule has 1 atom stereocenters. The Labute approximate surface area is 147 Å². The van der Waals surface area contributed by atoms with Crippen LogP contribution in [0.1, 0.15) is 13.3 Å². The van der Waals surface area contributed by atoms with Gasteiger partial charge in [0.15, 0.2) is 9.84 Å². The van der Waals surface area contributed by atoms with Gasteiger partial charge in [-0.15, -0.1) is 0 Å². The van der Waals surface area contributed by atoms with Crippen LogP contribution in [0.4, 0.5) is 0 Å². The third-order valence-electron chi connectivity index (χ3n) is 4.04. The molecule has 0 aliphatic carbocycles. The summed E-state index contributed by atoms with van der Waals surface area (Å²) in [6.45, 7) is 1.50. The molecular weight excluding hydrogens is 398 g/mol. The maximum Gasteiger partial charge on any atom is 0.261 e.